The summed E-state index contributed by atoms with van der Waals surface area (Å²) < 4.78 is 10.3. The molecule has 0 aliphatic heterocycles. The number of carbonyl (C=O) groups excluding carboxylic acids is 1. The first-order chi connectivity index (χ1) is 8.11. The maximum atomic E-state index is 10.9. The van der Waals surface area contributed by atoms with Crippen LogP contribution in [0.15, 0.2) is 34.7 Å². The van der Waals surface area contributed by atoms with Gasteiger partial charge in [0.1, 0.15) is 11.5 Å². The van der Waals surface area contributed by atoms with Crippen molar-refractivity contribution < 1.29 is 13.9 Å². The topological polar surface area (TPSA) is 91.5 Å². The van der Waals surface area contributed by atoms with Crippen molar-refractivity contribution in [3.63, 3.8) is 0 Å². The van der Waals surface area contributed by atoms with Crippen molar-refractivity contribution in [2.24, 2.45) is 5.73 Å². The summed E-state index contributed by atoms with van der Waals surface area (Å²) in [4.78, 5) is 10.9. The molecule has 0 aliphatic rings. The van der Waals surface area contributed by atoms with Gasteiger partial charge >= 0.3 is 0 Å². The molecule has 17 heavy (non-hydrogen) atoms. The van der Waals surface area contributed by atoms with Crippen LogP contribution in [0.2, 0.25) is 0 Å². The highest BCUT2D eigenvalue weighted by Gasteiger charge is 2.10. The smallest absolute Gasteiger partial charge is 0.284 e. The summed E-state index contributed by atoms with van der Waals surface area (Å²) >= 11 is 0. The quantitative estimate of drug-likeness (QED) is 0.787. The lowest BCUT2D eigenvalue weighted by Gasteiger charge is -2.05. The Kier molecular flexibility index (Phi) is 2.74. The normalized spacial score (nSPS) is 10.2. The fourth-order valence-corrected chi connectivity index (χ4v) is 1.51. The van der Waals surface area contributed by atoms with Crippen LogP contribution >= 0.6 is 0 Å². The lowest BCUT2D eigenvalue weighted by molar-refractivity contribution is 0.0974. The summed E-state index contributed by atoms with van der Waals surface area (Å²) in [6.07, 6.45) is 0. The van der Waals surface area contributed by atoms with E-state index >= 15 is 0 Å². The number of ether oxygens (including phenoxy) is 1. The lowest BCUT2D eigenvalue weighted by Crippen LogP contribution is -2.09. The zero-order valence-corrected chi connectivity index (χ0v) is 9.27. The average Bonchev–Trinajstić information content (AvgIpc) is 2.78. The monoisotopic (exact) mass is 232 g/mol. The molecule has 0 aliphatic carbocycles. The number of methoxy groups -OCH3 is 1. The van der Waals surface area contributed by atoms with E-state index in [-0.39, 0.29) is 5.76 Å². The van der Waals surface area contributed by atoms with Gasteiger partial charge in [-0.3, -0.25) is 4.79 Å². The molecule has 1 amide bonds. The van der Waals surface area contributed by atoms with Gasteiger partial charge < -0.3 is 20.6 Å². The van der Waals surface area contributed by atoms with Crippen molar-refractivity contribution in [1.29, 1.82) is 0 Å². The van der Waals surface area contributed by atoms with Crippen LogP contribution < -0.4 is 16.2 Å². The molecule has 0 unspecified atom stereocenters. The van der Waals surface area contributed by atoms with Gasteiger partial charge in [-0.05, 0) is 30.3 Å². The highest BCUT2D eigenvalue weighted by atomic mass is 16.5. The zero-order chi connectivity index (χ0) is 12.4. The molecule has 1 aromatic carbocycles. The number of anilines is 1. The number of nitrogens with two attached hydrogens (primary N) is 2. The van der Waals surface area contributed by atoms with Crippen molar-refractivity contribution in [1.82, 2.24) is 0 Å². The maximum absolute atomic E-state index is 10.9. The van der Waals surface area contributed by atoms with Crippen LogP contribution in [-0.4, -0.2) is 13.0 Å². The third-order valence-electron chi connectivity index (χ3n) is 2.36. The fourth-order valence-electron chi connectivity index (χ4n) is 1.51. The Morgan fingerprint density at radius 2 is 2.06 bits per heavy atom. The minimum atomic E-state index is -0.599. The van der Waals surface area contributed by atoms with E-state index < -0.39 is 5.91 Å². The molecule has 0 fully saturated rings. The van der Waals surface area contributed by atoms with Crippen LogP contribution in [0, 0.1) is 0 Å². The van der Waals surface area contributed by atoms with E-state index in [1.54, 1.807) is 31.4 Å². The second-order valence-corrected chi connectivity index (χ2v) is 3.48. The molecule has 0 atom stereocenters. The summed E-state index contributed by atoms with van der Waals surface area (Å²) in [6, 6.07) is 8.43. The van der Waals surface area contributed by atoms with Crippen LogP contribution in [-0.2, 0) is 0 Å². The number of rotatable bonds is 3. The second-order valence-electron chi connectivity index (χ2n) is 3.48. The number of primary amides is 1. The Hall–Kier alpha value is -2.43. The third-order valence-corrected chi connectivity index (χ3v) is 2.36. The van der Waals surface area contributed by atoms with Gasteiger partial charge in [0.15, 0.2) is 5.76 Å². The third kappa shape index (κ3) is 2.08. The van der Waals surface area contributed by atoms with Crippen LogP contribution in [0.4, 0.5) is 5.69 Å². The zero-order valence-electron chi connectivity index (χ0n) is 9.27. The molecule has 0 saturated carbocycles. The van der Waals surface area contributed by atoms with Crippen molar-refractivity contribution in [2.75, 3.05) is 12.8 Å². The summed E-state index contributed by atoms with van der Waals surface area (Å²) in [5.74, 6) is 0.649. The number of nitrogen functional groups attached to an aromatic ring is 1. The molecule has 4 N–H and O–H groups in total. The van der Waals surface area contributed by atoms with Crippen LogP contribution in [0.1, 0.15) is 10.6 Å². The molecule has 2 aromatic rings. The number of benzene rings is 1. The van der Waals surface area contributed by atoms with E-state index in [1.165, 1.54) is 6.07 Å². The predicted molar refractivity (Wildman–Crippen MR) is 63.6 cm³/mol. The van der Waals surface area contributed by atoms with Crippen molar-refractivity contribution in [3.05, 3.63) is 36.1 Å². The molecular weight excluding hydrogens is 220 g/mol. The first-order valence-corrected chi connectivity index (χ1v) is 4.95. The summed E-state index contributed by atoms with van der Waals surface area (Å²) in [6.45, 7) is 0. The molecular formula is C12H12N2O3. The average molecular weight is 232 g/mol. The molecule has 1 heterocycles. The number of carbonyl (C=O) groups is 1. The van der Waals surface area contributed by atoms with Gasteiger partial charge in [-0.2, -0.15) is 0 Å². The van der Waals surface area contributed by atoms with E-state index in [2.05, 4.69) is 0 Å². The largest absolute Gasteiger partial charge is 0.495 e. The van der Waals surface area contributed by atoms with Gasteiger partial charge in [0, 0.05) is 5.56 Å². The number of hydrogen-bond donors (Lipinski definition) is 2. The van der Waals surface area contributed by atoms with Gasteiger partial charge in [-0.15, -0.1) is 0 Å². The summed E-state index contributed by atoms with van der Waals surface area (Å²) in [5, 5.41) is 0. The molecule has 0 saturated heterocycles. The van der Waals surface area contributed by atoms with Gasteiger partial charge in [-0.25, -0.2) is 0 Å². The molecule has 1 aromatic heterocycles. The van der Waals surface area contributed by atoms with Gasteiger partial charge in [0.25, 0.3) is 5.91 Å². The Morgan fingerprint density at radius 1 is 1.29 bits per heavy atom. The number of hydrogen-bond acceptors (Lipinski definition) is 4. The van der Waals surface area contributed by atoms with E-state index in [1.807, 2.05) is 0 Å². The second kappa shape index (κ2) is 4.21. The maximum Gasteiger partial charge on any atom is 0.284 e. The van der Waals surface area contributed by atoms with E-state index in [0.29, 0.717) is 17.2 Å². The standard InChI is InChI=1S/C12H12N2O3/c1-16-10-3-2-7(6-8(10)13)9-4-5-11(17-9)12(14)15/h2-6H,13H2,1H3,(H2,14,15). The Labute approximate surface area is 98.0 Å². The molecule has 0 spiro atoms. The van der Waals surface area contributed by atoms with Crippen molar-refractivity contribution in [2.45, 2.75) is 0 Å². The van der Waals surface area contributed by atoms with Crippen LogP contribution in [0.3, 0.4) is 0 Å². The minimum Gasteiger partial charge on any atom is -0.495 e. The van der Waals surface area contributed by atoms with E-state index in [9.17, 15) is 4.79 Å². The molecule has 2 rings (SSSR count). The summed E-state index contributed by atoms with van der Waals surface area (Å²) in [5.41, 5.74) is 12.1. The molecule has 88 valence electrons. The lowest BCUT2D eigenvalue weighted by atomic mass is 10.1. The van der Waals surface area contributed by atoms with Gasteiger partial charge in [-0.1, -0.05) is 0 Å². The Bertz CT molecular complexity index is 561. The van der Waals surface area contributed by atoms with Crippen molar-refractivity contribution >= 4 is 11.6 Å². The Balaban J connectivity index is 2.39. The molecule has 0 bridgehead atoms. The van der Waals surface area contributed by atoms with Crippen LogP contribution in [0.5, 0.6) is 5.75 Å². The van der Waals surface area contributed by atoms with Gasteiger partial charge in [0.2, 0.25) is 0 Å². The molecule has 5 nitrogen and oxygen atoms in total. The van der Waals surface area contributed by atoms with Crippen molar-refractivity contribution in [3.8, 4) is 17.1 Å². The number of amides is 1. The number of furan rings is 1. The highest BCUT2D eigenvalue weighted by molar-refractivity contribution is 5.90. The predicted octanol–water partition coefficient (Wildman–Crippen LogP) is 1.64. The first-order valence-electron chi connectivity index (χ1n) is 4.95. The van der Waals surface area contributed by atoms with Gasteiger partial charge in [0.05, 0.1) is 12.8 Å². The molecule has 5 heteroatoms. The van der Waals surface area contributed by atoms with Crippen LogP contribution in [0.25, 0.3) is 11.3 Å². The fraction of sp³-hybridized carbons (Fsp3) is 0.0833. The first kappa shape index (κ1) is 11.1. The van der Waals surface area contributed by atoms with E-state index in [0.717, 1.165) is 5.56 Å². The minimum absolute atomic E-state index is 0.120. The summed E-state index contributed by atoms with van der Waals surface area (Å²) in [7, 11) is 1.55. The molecule has 0 radical (unpaired) electrons. The highest BCUT2D eigenvalue weighted by Crippen LogP contribution is 2.29. The van der Waals surface area contributed by atoms with E-state index in [4.69, 9.17) is 20.6 Å². The Morgan fingerprint density at radius 3 is 2.59 bits per heavy atom. The SMILES string of the molecule is COc1ccc(-c2ccc(C(N)=O)o2)cc1N.